The number of hydrogen-bond donors (Lipinski definition) is 0. The maximum absolute atomic E-state index is 5.79. The van der Waals surface area contributed by atoms with Crippen molar-refractivity contribution in [1.82, 2.24) is 0 Å². The van der Waals surface area contributed by atoms with Crippen molar-refractivity contribution < 1.29 is 4.74 Å². The third-order valence-corrected chi connectivity index (χ3v) is 2.60. The van der Waals surface area contributed by atoms with E-state index in [-0.39, 0.29) is 0 Å². The van der Waals surface area contributed by atoms with Crippen LogP contribution in [0.5, 0.6) is 5.75 Å². The summed E-state index contributed by atoms with van der Waals surface area (Å²) in [6.45, 7) is 10.6. The summed E-state index contributed by atoms with van der Waals surface area (Å²) < 4.78 is 5.79. The molecule has 1 rings (SSSR count). The van der Waals surface area contributed by atoms with Crippen LogP contribution in [0.3, 0.4) is 0 Å². The van der Waals surface area contributed by atoms with E-state index in [4.69, 9.17) is 4.74 Å². The second kappa shape index (κ2) is 6.74. The first kappa shape index (κ1) is 13.3. The Hall–Kier alpha value is -1.76. The zero-order chi connectivity index (χ0) is 12.7. The molecule has 1 aromatic carbocycles. The minimum atomic E-state index is 0.622. The van der Waals surface area contributed by atoms with Crippen LogP contribution in [0.1, 0.15) is 31.9 Å². The molecule has 0 N–H and O–H groups in total. The highest BCUT2D eigenvalue weighted by Crippen LogP contribution is 2.25. The van der Waals surface area contributed by atoms with E-state index in [1.54, 1.807) is 0 Å². The second-order valence-corrected chi connectivity index (χ2v) is 3.89. The van der Waals surface area contributed by atoms with Crippen LogP contribution < -0.4 is 4.74 Å². The highest BCUT2D eigenvalue weighted by Gasteiger charge is 2.04. The van der Waals surface area contributed by atoms with Gasteiger partial charge < -0.3 is 4.74 Å². The third kappa shape index (κ3) is 3.63. The molecule has 0 saturated carbocycles. The highest BCUT2D eigenvalue weighted by molar-refractivity contribution is 5.69. The molecule has 1 aromatic rings. The van der Waals surface area contributed by atoms with Crippen LogP contribution >= 0.6 is 0 Å². The standard InChI is InChI=1S/C16H20O/c1-5-9-14-10-8-11-16(15(14)7-3)17-12-13(4)6-2/h5-11H,3,12H2,1-2,4H3/b9-5-,13-6+. The van der Waals surface area contributed by atoms with E-state index >= 15 is 0 Å². The Balaban J connectivity index is 2.99. The first-order chi connectivity index (χ1) is 8.22. The molecule has 0 bridgehead atoms. The first-order valence-corrected chi connectivity index (χ1v) is 5.85. The largest absolute Gasteiger partial charge is 0.489 e. The lowest BCUT2D eigenvalue weighted by Gasteiger charge is -2.11. The predicted molar refractivity (Wildman–Crippen MR) is 76.2 cm³/mol. The summed E-state index contributed by atoms with van der Waals surface area (Å²) in [5.41, 5.74) is 3.41. The molecule has 0 aliphatic heterocycles. The van der Waals surface area contributed by atoms with E-state index in [1.165, 1.54) is 5.57 Å². The normalized spacial score (nSPS) is 11.8. The van der Waals surface area contributed by atoms with Gasteiger partial charge in [-0.05, 0) is 38.0 Å². The molecule has 90 valence electrons. The lowest BCUT2D eigenvalue weighted by molar-refractivity contribution is 0.351. The molecule has 0 amide bonds. The molecule has 0 unspecified atom stereocenters. The molecular weight excluding hydrogens is 208 g/mol. The van der Waals surface area contributed by atoms with Gasteiger partial charge in [0, 0.05) is 5.56 Å². The molecule has 0 heterocycles. The first-order valence-electron chi connectivity index (χ1n) is 5.85. The molecule has 0 aliphatic carbocycles. The summed E-state index contributed by atoms with van der Waals surface area (Å²) >= 11 is 0. The molecular formula is C16H20O. The lowest BCUT2D eigenvalue weighted by Crippen LogP contribution is -2.00. The molecule has 1 heteroatoms. The van der Waals surface area contributed by atoms with E-state index < -0.39 is 0 Å². The maximum Gasteiger partial charge on any atom is 0.127 e. The Bertz CT molecular complexity index is 439. The Kier molecular flexibility index (Phi) is 5.28. The zero-order valence-corrected chi connectivity index (χ0v) is 10.9. The molecule has 0 atom stereocenters. The fourth-order valence-corrected chi connectivity index (χ4v) is 1.51. The number of rotatable bonds is 5. The average molecular weight is 228 g/mol. The monoisotopic (exact) mass is 228 g/mol. The van der Waals surface area contributed by atoms with Crippen molar-refractivity contribution in [1.29, 1.82) is 0 Å². The SMILES string of the molecule is C=Cc1c(/C=C\C)cccc1OC/C(C)=C/C. The van der Waals surface area contributed by atoms with E-state index in [1.807, 2.05) is 38.1 Å². The highest BCUT2D eigenvalue weighted by atomic mass is 16.5. The van der Waals surface area contributed by atoms with Crippen molar-refractivity contribution >= 4 is 12.2 Å². The van der Waals surface area contributed by atoms with Crippen molar-refractivity contribution in [2.45, 2.75) is 20.8 Å². The van der Waals surface area contributed by atoms with Crippen LogP contribution in [0.4, 0.5) is 0 Å². The average Bonchev–Trinajstić information content (AvgIpc) is 2.36. The minimum Gasteiger partial charge on any atom is -0.489 e. The van der Waals surface area contributed by atoms with Gasteiger partial charge in [-0.1, -0.05) is 43.0 Å². The number of ether oxygens (including phenoxy) is 1. The Labute approximate surface area is 104 Å². The number of allylic oxidation sites excluding steroid dienone is 2. The fourth-order valence-electron chi connectivity index (χ4n) is 1.51. The number of hydrogen-bond acceptors (Lipinski definition) is 1. The minimum absolute atomic E-state index is 0.622. The van der Waals surface area contributed by atoms with Gasteiger partial charge in [0.15, 0.2) is 0 Å². The van der Waals surface area contributed by atoms with E-state index in [0.29, 0.717) is 6.61 Å². The summed E-state index contributed by atoms with van der Waals surface area (Å²) in [5.74, 6) is 0.886. The molecule has 1 nitrogen and oxygen atoms in total. The van der Waals surface area contributed by atoms with Crippen molar-refractivity contribution in [2.75, 3.05) is 6.61 Å². The quantitative estimate of drug-likeness (QED) is 0.663. The van der Waals surface area contributed by atoms with Crippen LogP contribution in [0.15, 0.2) is 42.5 Å². The van der Waals surface area contributed by atoms with Crippen molar-refractivity contribution in [3.8, 4) is 5.75 Å². The molecule has 0 aromatic heterocycles. The second-order valence-electron chi connectivity index (χ2n) is 3.89. The summed E-state index contributed by atoms with van der Waals surface area (Å²) in [7, 11) is 0. The van der Waals surface area contributed by atoms with E-state index in [2.05, 4.69) is 31.7 Å². The topological polar surface area (TPSA) is 9.23 Å². The van der Waals surface area contributed by atoms with Gasteiger partial charge in [-0.15, -0.1) is 0 Å². The molecule has 0 aliphatic rings. The summed E-state index contributed by atoms with van der Waals surface area (Å²) in [4.78, 5) is 0. The summed E-state index contributed by atoms with van der Waals surface area (Å²) in [6, 6.07) is 6.04. The van der Waals surface area contributed by atoms with Crippen molar-refractivity contribution in [3.05, 3.63) is 53.6 Å². The molecule has 0 saturated heterocycles. The van der Waals surface area contributed by atoms with Gasteiger partial charge in [-0.2, -0.15) is 0 Å². The van der Waals surface area contributed by atoms with Crippen LogP contribution in [0, 0.1) is 0 Å². The maximum atomic E-state index is 5.79. The van der Waals surface area contributed by atoms with Gasteiger partial charge in [0.25, 0.3) is 0 Å². The van der Waals surface area contributed by atoms with Gasteiger partial charge in [-0.3, -0.25) is 0 Å². The molecule has 0 radical (unpaired) electrons. The Morgan fingerprint density at radius 3 is 2.71 bits per heavy atom. The van der Waals surface area contributed by atoms with Gasteiger partial charge in [0.2, 0.25) is 0 Å². The summed E-state index contributed by atoms with van der Waals surface area (Å²) in [6.07, 6.45) is 7.98. The van der Waals surface area contributed by atoms with Crippen molar-refractivity contribution in [3.63, 3.8) is 0 Å². The van der Waals surface area contributed by atoms with E-state index in [0.717, 1.165) is 16.9 Å². The van der Waals surface area contributed by atoms with Gasteiger partial charge in [0.1, 0.15) is 12.4 Å². The zero-order valence-electron chi connectivity index (χ0n) is 10.9. The third-order valence-electron chi connectivity index (χ3n) is 2.60. The van der Waals surface area contributed by atoms with Gasteiger partial charge in [0.05, 0.1) is 0 Å². The van der Waals surface area contributed by atoms with Crippen LogP contribution in [0.2, 0.25) is 0 Å². The van der Waals surface area contributed by atoms with Crippen LogP contribution in [0.25, 0.3) is 12.2 Å². The fraction of sp³-hybridized carbons (Fsp3) is 0.250. The van der Waals surface area contributed by atoms with Crippen molar-refractivity contribution in [2.24, 2.45) is 0 Å². The Morgan fingerprint density at radius 2 is 2.12 bits per heavy atom. The molecule has 17 heavy (non-hydrogen) atoms. The smallest absolute Gasteiger partial charge is 0.127 e. The number of benzene rings is 1. The predicted octanol–water partition coefficient (Wildman–Crippen LogP) is 4.71. The molecule has 0 spiro atoms. The molecule has 0 fully saturated rings. The van der Waals surface area contributed by atoms with Crippen LogP contribution in [-0.2, 0) is 0 Å². The Morgan fingerprint density at radius 1 is 1.35 bits per heavy atom. The van der Waals surface area contributed by atoms with Crippen LogP contribution in [-0.4, -0.2) is 6.61 Å². The van der Waals surface area contributed by atoms with Gasteiger partial charge in [-0.25, -0.2) is 0 Å². The van der Waals surface area contributed by atoms with E-state index in [9.17, 15) is 0 Å². The lowest BCUT2D eigenvalue weighted by atomic mass is 10.1. The van der Waals surface area contributed by atoms with Gasteiger partial charge >= 0.3 is 0 Å². The summed E-state index contributed by atoms with van der Waals surface area (Å²) in [5, 5.41) is 0.